The molecule has 1 fully saturated rings. The third-order valence-electron chi connectivity index (χ3n) is 3.38. The number of hydrogen-bond donors (Lipinski definition) is 1. The zero-order valence-electron chi connectivity index (χ0n) is 10.4. The zero-order chi connectivity index (χ0) is 12.4. The minimum atomic E-state index is 0.516. The van der Waals surface area contributed by atoms with Crippen LogP contribution < -0.4 is 5.73 Å². The van der Waals surface area contributed by atoms with Crippen molar-refractivity contribution >= 4 is 11.0 Å². The summed E-state index contributed by atoms with van der Waals surface area (Å²) in [5.74, 6) is 1.01. The molecule has 1 aliphatic heterocycles. The van der Waals surface area contributed by atoms with E-state index >= 15 is 0 Å². The summed E-state index contributed by atoms with van der Waals surface area (Å²) >= 11 is 0. The first-order chi connectivity index (χ1) is 8.86. The number of fused-ring (bicyclic) bond motifs is 1. The minimum absolute atomic E-state index is 0.516. The van der Waals surface area contributed by atoms with E-state index in [1.54, 1.807) is 0 Å². The van der Waals surface area contributed by atoms with Crippen molar-refractivity contribution in [3.8, 4) is 0 Å². The van der Waals surface area contributed by atoms with Gasteiger partial charge in [-0.3, -0.25) is 4.90 Å². The summed E-state index contributed by atoms with van der Waals surface area (Å²) in [7, 11) is 0. The van der Waals surface area contributed by atoms with E-state index in [1.807, 2.05) is 12.1 Å². The van der Waals surface area contributed by atoms with E-state index in [-0.39, 0.29) is 0 Å². The van der Waals surface area contributed by atoms with Gasteiger partial charge in [0, 0.05) is 30.6 Å². The van der Waals surface area contributed by atoms with Crippen molar-refractivity contribution in [3.63, 3.8) is 0 Å². The summed E-state index contributed by atoms with van der Waals surface area (Å²) in [6, 6.07) is 8.23. The van der Waals surface area contributed by atoms with E-state index in [4.69, 9.17) is 14.9 Å². The Kier molecular flexibility index (Phi) is 3.32. The second-order valence-electron chi connectivity index (χ2n) is 4.64. The van der Waals surface area contributed by atoms with Crippen LogP contribution in [0, 0.1) is 0 Å². The summed E-state index contributed by atoms with van der Waals surface area (Å²) in [6.07, 6.45) is 0. The highest BCUT2D eigenvalue weighted by molar-refractivity contribution is 5.81. The van der Waals surface area contributed by atoms with E-state index in [1.165, 1.54) is 0 Å². The predicted molar refractivity (Wildman–Crippen MR) is 70.2 cm³/mol. The predicted octanol–water partition coefficient (Wildman–Crippen LogP) is 1.72. The van der Waals surface area contributed by atoms with Crippen LogP contribution in [0.2, 0.25) is 0 Å². The molecule has 1 saturated heterocycles. The Balaban J connectivity index is 1.84. The maximum atomic E-state index is 5.93. The van der Waals surface area contributed by atoms with Gasteiger partial charge >= 0.3 is 0 Å². The topological polar surface area (TPSA) is 51.6 Å². The van der Waals surface area contributed by atoms with Gasteiger partial charge in [-0.05, 0) is 6.07 Å². The first kappa shape index (κ1) is 11.7. The van der Waals surface area contributed by atoms with Gasteiger partial charge in [0.1, 0.15) is 11.3 Å². The summed E-state index contributed by atoms with van der Waals surface area (Å²) in [5.41, 5.74) is 7.73. The summed E-state index contributed by atoms with van der Waals surface area (Å²) in [4.78, 5) is 2.35. The van der Waals surface area contributed by atoms with Crippen molar-refractivity contribution in [1.82, 2.24) is 4.90 Å². The normalized spacial score (nSPS) is 17.4. The zero-order valence-corrected chi connectivity index (χ0v) is 10.4. The second-order valence-corrected chi connectivity index (χ2v) is 4.64. The van der Waals surface area contributed by atoms with Crippen LogP contribution in [-0.2, 0) is 17.8 Å². The van der Waals surface area contributed by atoms with E-state index in [2.05, 4.69) is 17.0 Å². The quantitative estimate of drug-likeness (QED) is 0.896. The van der Waals surface area contributed by atoms with Crippen LogP contribution in [-0.4, -0.2) is 31.2 Å². The molecule has 2 aromatic rings. The van der Waals surface area contributed by atoms with Crippen LogP contribution in [0.1, 0.15) is 11.3 Å². The third-order valence-corrected chi connectivity index (χ3v) is 3.38. The molecule has 96 valence electrons. The average molecular weight is 246 g/mol. The molecule has 0 unspecified atom stereocenters. The van der Waals surface area contributed by atoms with Gasteiger partial charge < -0.3 is 14.9 Å². The number of hydrogen-bond acceptors (Lipinski definition) is 4. The number of morpholine rings is 1. The third kappa shape index (κ3) is 2.27. The lowest BCUT2D eigenvalue weighted by Crippen LogP contribution is -2.35. The van der Waals surface area contributed by atoms with Crippen LogP contribution >= 0.6 is 0 Å². The maximum absolute atomic E-state index is 5.93. The van der Waals surface area contributed by atoms with Gasteiger partial charge in [0.2, 0.25) is 0 Å². The monoisotopic (exact) mass is 246 g/mol. The van der Waals surface area contributed by atoms with E-state index < -0.39 is 0 Å². The van der Waals surface area contributed by atoms with E-state index in [9.17, 15) is 0 Å². The van der Waals surface area contributed by atoms with Gasteiger partial charge in [0.05, 0.1) is 19.8 Å². The molecule has 4 heteroatoms. The lowest BCUT2D eigenvalue weighted by Gasteiger charge is -2.25. The van der Waals surface area contributed by atoms with Crippen LogP contribution in [0.15, 0.2) is 28.7 Å². The number of benzene rings is 1. The summed E-state index contributed by atoms with van der Waals surface area (Å²) in [6.45, 7) is 4.94. The Morgan fingerprint density at radius 1 is 1.22 bits per heavy atom. The molecule has 3 rings (SSSR count). The lowest BCUT2D eigenvalue weighted by molar-refractivity contribution is 0.0315. The van der Waals surface area contributed by atoms with Crippen LogP contribution in [0.25, 0.3) is 11.0 Å². The Morgan fingerprint density at radius 2 is 2.06 bits per heavy atom. The molecule has 0 atom stereocenters. The Morgan fingerprint density at radius 3 is 2.83 bits per heavy atom. The highest BCUT2D eigenvalue weighted by atomic mass is 16.5. The maximum Gasteiger partial charge on any atom is 0.138 e. The van der Waals surface area contributed by atoms with Crippen molar-refractivity contribution in [2.24, 2.45) is 5.73 Å². The van der Waals surface area contributed by atoms with Gasteiger partial charge in [0.25, 0.3) is 0 Å². The molecular formula is C14H18N2O2. The fourth-order valence-electron chi connectivity index (χ4n) is 2.40. The Bertz CT molecular complexity index is 530. The van der Waals surface area contributed by atoms with Crippen molar-refractivity contribution in [1.29, 1.82) is 0 Å². The number of rotatable bonds is 3. The second kappa shape index (κ2) is 5.10. The molecule has 0 radical (unpaired) electrons. The van der Waals surface area contributed by atoms with Gasteiger partial charge in [-0.1, -0.05) is 18.2 Å². The summed E-state index contributed by atoms with van der Waals surface area (Å²) < 4.78 is 11.3. The highest BCUT2D eigenvalue weighted by Crippen LogP contribution is 2.24. The fourth-order valence-corrected chi connectivity index (χ4v) is 2.40. The number of para-hydroxylation sites is 1. The van der Waals surface area contributed by atoms with Gasteiger partial charge in [-0.15, -0.1) is 0 Å². The van der Waals surface area contributed by atoms with E-state index in [0.29, 0.717) is 6.54 Å². The van der Waals surface area contributed by atoms with Crippen molar-refractivity contribution in [3.05, 3.63) is 35.6 Å². The molecule has 18 heavy (non-hydrogen) atoms. The SMILES string of the molecule is NCc1cccc2cc(CN3CCOCC3)oc12. The van der Waals surface area contributed by atoms with E-state index in [0.717, 1.165) is 55.1 Å². The molecule has 1 aromatic carbocycles. The molecule has 4 nitrogen and oxygen atoms in total. The van der Waals surface area contributed by atoms with Crippen molar-refractivity contribution < 1.29 is 9.15 Å². The van der Waals surface area contributed by atoms with Crippen LogP contribution in [0.3, 0.4) is 0 Å². The molecule has 0 spiro atoms. The number of nitrogens with zero attached hydrogens (tertiary/aromatic N) is 1. The molecule has 1 aliphatic rings. The van der Waals surface area contributed by atoms with Crippen LogP contribution in [0.5, 0.6) is 0 Å². The number of furan rings is 1. The number of nitrogens with two attached hydrogens (primary N) is 1. The molecule has 2 N–H and O–H groups in total. The highest BCUT2D eigenvalue weighted by Gasteiger charge is 2.14. The molecule has 1 aromatic heterocycles. The number of ether oxygens (including phenoxy) is 1. The minimum Gasteiger partial charge on any atom is -0.459 e. The lowest BCUT2D eigenvalue weighted by atomic mass is 10.1. The smallest absolute Gasteiger partial charge is 0.138 e. The summed E-state index contributed by atoms with van der Waals surface area (Å²) in [5, 5.41) is 1.14. The van der Waals surface area contributed by atoms with Gasteiger partial charge in [0.15, 0.2) is 0 Å². The van der Waals surface area contributed by atoms with Gasteiger partial charge in [-0.25, -0.2) is 0 Å². The Hall–Kier alpha value is -1.36. The molecule has 0 saturated carbocycles. The fraction of sp³-hybridized carbons (Fsp3) is 0.429. The Labute approximate surface area is 106 Å². The first-order valence-corrected chi connectivity index (χ1v) is 6.37. The largest absolute Gasteiger partial charge is 0.459 e. The van der Waals surface area contributed by atoms with Gasteiger partial charge in [-0.2, -0.15) is 0 Å². The van der Waals surface area contributed by atoms with Crippen LogP contribution in [0.4, 0.5) is 0 Å². The molecule has 0 aliphatic carbocycles. The van der Waals surface area contributed by atoms with Crippen molar-refractivity contribution in [2.75, 3.05) is 26.3 Å². The average Bonchev–Trinajstić information content (AvgIpc) is 2.82. The molecule has 2 heterocycles. The van der Waals surface area contributed by atoms with Crippen molar-refractivity contribution in [2.45, 2.75) is 13.1 Å². The molecule has 0 bridgehead atoms. The molecule has 0 amide bonds. The standard InChI is InChI=1S/C14H18N2O2/c15-9-12-3-1-2-11-8-13(18-14(11)12)10-16-4-6-17-7-5-16/h1-3,8H,4-7,9-10,15H2. The molecular weight excluding hydrogens is 228 g/mol. The first-order valence-electron chi connectivity index (χ1n) is 6.37.